The van der Waals surface area contributed by atoms with Crippen LogP contribution in [-0.4, -0.2) is 38.3 Å². The van der Waals surface area contributed by atoms with Crippen molar-refractivity contribution in [1.82, 2.24) is 19.7 Å². The third kappa shape index (κ3) is 2.99. The van der Waals surface area contributed by atoms with E-state index >= 15 is 0 Å². The Balaban J connectivity index is 1.72. The molecule has 0 spiro atoms. The first kappa shape index (κ1) is 15.0. The lowest BCUT2D eigenvalue weighted by Crippen LogP contribution is -2.55. The molecule has 1 aromatic rings. The molecule has 118 valence electrons. The molecule has 0 bridgehead atoms. The molecule has 2 unspecified atom stereocenters. The second-order valence-corrected chi connectivity index (χ2v) is 6.88. The molecule has 2 N–H and O–H groups in total. The maximum atomic E-state index is 6.27. The van der Waals surface area contributed by atoms with E-state index in [1.807, 2.05) is 6.33 Å². The average molecular weight is 291 g/mol. The van der Waals surface area contributed by atoms with E-state index in [2.05, 4.69) is 26.6 Å². The number of fused-ring (bicyclic) bond motifs is 1. The van der Waals surface area contributed by atoms with Crippen LogP contribution in [0, 0.1) is 5.92 Å². The van der Waals surface area contributed by atoms with Crippen LogP contribution < -0.4 is 5.73 Å². The third-order valence-corrected chi connectivity index (χ3v) is 5.66. The number of nitrogens with zero attached hydrogens (tertiary/aromatic N) is 4. The summed E-state index contributed by atoms with van der Waals surface area (Å²) in [6.45, 7) is 6.08. The molecule has 0 amide bonds. The third-order valence-electron chi connectivity index (χ3n) is 5.66. The SMILES string of the molecule is CCCC1CCCC(CN)(N2CCn3cnnc3C2)CC1. The Labute approximate surface area is 127 Å². The fourth-order valence-electron chi connectivity index (χ4n) is 4.28. The van der Waals surface area contributed by atoms with Crippen LogP contribution in [0.1, 0.15) is 57.7 Å². The summed E-state index contributed by atoms with van der Waals surface area (Å²) in [5.41, 5.74) is 6.46. The predicted molar refractivity (Wildman–Crippen MR) is 83.7 cm³/mol. The first-order valence-electron chi connectivity index (χ1n) is 8.59. The van der Waals surface area contributed by atoms with Crippen molar-refractivity contribution in [3.8, 4) is 0 Å². The lowest BCUT2D eigenvalue weighted by atomic mass is 9.86. The van der Waals surface area contributed by atoms with Crippen LogP contribution >= 0.6 is 0 Å². The molecule has 1 aliphatic heterocycles. The van der Waals surface area contributed by atoms with Crippen LogP contribution in [0.25, 0.3) is 0 Å². The molecule has 2 atom stereocenters. The molecule has 3 rings (SSSR count). The Kier molecular flexibility index (Phi) is 4.60. The lowest BCUT2D eigenvalue weighted by molar-refractivity contribution is 0.0487. The quantitative estimate of drug-likeness (QED) is 0.864. The monoisotopic (exact) mass is 291 g/mol. The standard InChI is InChI=1S/C16H29N5/c1-2-4-14-5-3-7-16(12-17,8-6-14)21-10-9-20-13-18-19-15(20)11-21/h13-14H,2-12,17H2,1H3. The van der Waals surface area contributed by atoms with Gasteiger partial charge in [0.15, 0.2) is 0 Å². The topological polar surface area (TPSA) is 60.0 Å². The van der Waals surface area contributed by atoms with E-state index in [9.17, 15) is 0 Å². The van der Waals surface area contributed by atoms with Crippen LogP contribution in [0.2, 0.25) is 0 Å². The molecular weight excluding hydrogens is 262 g/mol. The molecule has 5 nitrogen and oxygen atoms in total. The van der Waals surface area contributed by atoms with Crippen molar-refractivity contribution in [2.45, 2.75) is 70.5 Å². The average Bonchev–Trinajstić information content (AvgIpc) is 2.88. The molecule has 1 aliphatic carbocycles. The van der Waals surface area contributed by atoms with Crippen molar-refractivity contribution >= 4 is 0 Å². The van der Waals surface area contributed by atoms with Crippen LogP contribution in [0.3, 0.4) is 0 Å². The fourth-order valence-corrected chi connectivity index (χ4v) is 4.28. The van der Waals surface area contributed by atoms with Gasteiger partial charge in [-0.05, 0) is 25.2 Å². The van der Waals surface area contributed by atoms with Gasteiger partial charge in [0.05, 0.1) is 6.54 Å². The van der Waals surface area contributed by atoms with Crippen molar-refractivity contribution in [2.24, 2.45) is 11.7 Å². The second-order valence-electron chi connectivity index (χ2n) is 6.88. The highest BCUT2D eigenvalue weighted by molar-refractivity contribution is 5.00. The van der Waals surface area contributed by atoms with E-state index in [0.29, 0.717) is 0 Å². The van der Waals surface area contributed by atoms with Gasteiger partial charge in [0.1, 0.15) is 12.2 Å². The molecule has 0 saturated heterocycles. The minimum atomic E-state index is 0.194. The van der Waals surface area contributed by atoms with Gasteiger partial charge < -0.3 is 10.3 Å². The van der Waals surface area contributed by atoms with E-state index in [-0.39, 0.29) is 5.54 Å². The summed E-state index contributed by atoms with van der Waals surface area (Å²) >= 11 is 0. The van der Waals surface area contributed by atoms with Gasteiger partial charge in [-0.2, -0.15) is 0 Å². The highest BCUT2D eigenvalue weighted by Gasteiger charge is 2.39. The fraction of sp³-hybridized carbons (Fsp3) is 0.875. The zero-order valence-electron chi connectivity index (χ0n) is 13.3. The Morgan fingerprint density at radius 2 is 2.24 bits per heavy atom. The van der Waals surface area contributed by atoms with E-state index in [0.717, 1.165) is 37.9 Å². The van der Waals surface area contributed by atoms with Crippen molar-refractivity contribution in [3.05, 3.63) is 12.2 Å². The number of hydrogen-bond acceptors (Lipinski definition) is 4. The minimum Gasteiger partial charge on any atom is -0.329 e. The Hall–Kier alpha value is -0.940. The van der Waals surface area contributed by atoms with Crippen molar-refractivity contribution in [3.63, 3.8) is 0 Å². The van der Waals surface area contributed by atoms with Crippen molar-refractivity contribution < 1.29 is 0 Å². The molecule has 2 aliphatic rings. The maximum Gasteiger partial charge on any atom is 0.147 e. The summed E-state index contributed by atoms with van der Waals surface area (Å²) in [6.07, 6.45) is 11.1. The molecule has 1 fully saturated rings. The largest absolute Gasteiger partial charge is 0.329 e. The highest BCUT2D eigenvalue weighted by atomic mass is 15.3. The number of hydrogen-bond donors (Lipinski definition) is 1. The maximum absolute atomic E-state index is 6.27. The molecule has 21 heavy (non-hydrogen) atoms. The van der Waals surface area contributed by atoms with Gasteiger partial charge in [0.25, 0.3) is 0 Å². The number of aromatic nitrogens is 3. The first-order chi connectivity index (χ1) is 10.3. The van der Waals surface area contributed by atoms with Crippen LogP contribution in [0.15, 0.2) is 6.33 Å². The second kappa shape index (κ2) is 6.44. The van der Waals surface area contributed by atoms with Gasteiger partial charge >= 0.3 is 0 Å². The van der Waals surface area contributed by atoms with Crippen LogP contribution in [-0.2, 0) is 13.1 Å². The minimum absolute atomic E-state index is 0.194. The summed E-state index contributed by atoms with van der Waals surface area (Å²) in [7, 11) is 0. The van der Waals surface area contributed by atoms with Gasteiger partial charge in [0.2, 0.25) is 0 Å². The first-order valence-corrected chi connectivity index (χ1v) is 8.59. The molecule has 5 heteroatoms. The van der Waals surface area contributed by atoms with Gasteiger partial charge in [-0.3, -0.25) is 4.90 Å². The molecular formula is C16H29N5. The summed E-state index contributed by atoms with van der Waals surface area (Å²) < 4.78 is 2.18. The smallest absolute Gasteiger partial charge is 0.147 e. The summed E-state index contributed by atoms with van der Waals surface area (Å²) in [5.74, 6) is 2.01. The van der Waals surface area contributed by atoms with Gasteiger partial charge in [-0.1, -0.05) is 32.6 Å². The molecule has 1 aromatic heterocycles. The molecule has 1 saturated carbocycles. The number of nitrogens with two attached hydrogens (primary N) is 1. The predicted octanol–water partition coefficient (Wildman–Crippen LogP) is 2.17. The van der Waals surface area contributed by atoms with Crippen molar-refractivity contribution in [2.75, 3.05) is 13.1 Å². The number of rotatable bonds is 4. The van der Waals surface area contributed by atoms with Crippen molar-refractivity contribution in [1.29, 1.82) is 0 Å². The lowest BCUT2D eigenvalue weighted by Gasteiger charge is -2.45. The van der Waals surface area contributed by atoms with E-state index in [1.165, 1.54) is 44.9 Å². The normalized spacial score (nSPS) is 30.9. The van der Waals surface area contributed by atoms with Gasteiger partial charge in [0, 0.05) is 25.2 Å². The van der Waals surface area contributed by atoms with E-state index in [1.54, 1.807) is 0 Å². The van der Waals surface area contributed by atoms with E-state index in [4.69, 9.17) is 5.73 Å². The van der Waals surface area contributed by atoms with Crippen LogP contribution in [0.5, 0.6) is 0 Å². The Morgan fingerprint density at radius 3 is 3.05 bits per heavy atom. The Bertz CT molecular complexity index is 457. The summed E-state index contributed by atoms with van der Waals surface area (Å²) in [5, 5.41) is 8.31. The van der Waals surface area contributed by atoms with Gasteiger partial charge in [-0.25, -0.2) is 0 Å². The summed E-state index contributed by atoms with van der Waals surface area (Å²) in [4.78, 5) is 2.60. The zero-order chi connectivity index (χ0) is 14.7. The van der Waals surface area contributed by atoms with Crippen LogP contribution in [0.4, 0.5) is 0 Å². The molecule has 0 aromatic carbocycles. The highest BCUT2D eigenvalue weighted by Crippen LogP contribution is 2.37. The zero-order valence-corrected chi connectivity index (χ0v) is 13.3. The molecule has 2 heterocycles. The van der Waals surface area contributed by atoms with Gasteiger partial charge in [-0.15, -0.1) is 10.2 Å². The molecule has 0 radical (unpaired) electrons. The Morgan fingerprint density at radius 1 is 1.33 bits per heavy atom. The van der Waals surface area contributed by atoms with E-state index < -0.39 is 0 Å². The summed E-state index contributed by atoms with van der Waals surface area (Å²) in [6, 6.07) is 0.